The van der Waals surface area contributed by atoms with Crippen LogP contribution in [0.1, 0.15) is 31.0 Å². The normalized spacial score (nSPS) is 17.5. The van der Waals surface area contributed by atoms with Gasteiger partial charge in [-0.15, -0.1) is 12.4 Å². The average molecular weight is 649 g/mol. The Morgan fingerprint density at radius 2 is 1.95 bits per heavy atom. The molecule has 1 saturated heterocycles. The third-order valence-corrected chi connectivity index (χ3v) is 8.97. The smallest absolute Gasteiger partial charge is 0.241 e. The van der Waals surface area contributed by atoms with Crippen molar-refractivity contribution in [2.45, 2.75) is 55.6 Å². The molecule has 238 valence electrons. The number of morpholine rings is 1. The van der Waals surface area contributed by atoms with Crippen molar-refractivity contribution in [2.24, 2.45) is 5.73 Å². The molecule has 2 atom stereocenters. The van der Waals surface area contributed by atoms with Crippen LogP contribution >= 0.6 is 12.4 Å². The number of sulfonamides is 1. The fourth-order valence-electron chi connectivity index (χ4n) is 5.12. The van der Waals surface area contributed by atoms with Crippen LogP contribution in [0.4, 0.5) is 0 Å². The number of hydrogen-bond donors (Lipinski definition) is 4. The number of amides is 2. The molecule has 1 aromatic heterocycles. The van der Waals surface area contributed by atoms with Crippen LogP contribution in [0.2, 0.25) is 0 Å². The molecule has 2 amide bonds. The molecule has 14 nitrogen and oxygen atoms in total. The maximum Gasteiger partial charge on any atom is 0.241 e. The standard InChI is InChI=1S/C28H36N8O6S.ClH/c1-18-32-25(33-42-18)10-11-35(21-7-8-21)27(38)24(15-26(37)31-16-22-17-41-13-12-36(22)28(29)30)34-43(39,40)23-9-6-19-4-2-3-5-20(19)14-23;/h2-6,9,14,21-22,24,34H,7-8,10-13,15-17H2,1H3,(H3,29,30)(H,31,37);1H/t22?,24-;/m0./s1. The summed E-state index contributed by atoms with van der Waals surface area (Å²) < 4.78 is 40.2. The van der Waals surface area contributed by atoms with Gasteiger partial charge in [0.2, 0.25) is 27.7 Å². The van der Waals surface area contributed by atoms with Crippen LogP contribution in [0.25, 0.3) is 10.8 Å². The first-order valence-electron chi connectivity index (χ1n) is 14.2. The molecule has 2 fully saturated rings. The highest BCUT2D eigenvalue weighted by Gasteiger charge is 2.38. The van der Waals surface area contributed by atoms with Gasteiger partial charge in [-0.05, 0) is 35.7 Å². The second-order valence-electron chi connectivity index (χ2n) is 10.7. The molecule has 44 heavy (non-hydrogen) atoms. The van der Waals surface area contributed by atoms with Crippen molar-refractivity contribution < 1.29 is 27.3 Å². The van der Waals surface area contributed by atoms with Gasteiger partial charge in [0.05, 0.1) is 30.6 Å². The number of carbonyl (C=O) groups excluding carboxylic acids is 2. The minimum Gasteiger partial charge on any atom is -0.377 e. The van der Waals surface area contributed by atoms with Crippen LogP contribution in [-0.4, -0.2) is 97.1 Å². The Morgan fingerprint density at radius 3 is 2.64 bits per heavy atom. The molecule has 2 aliphatic rings. The van der Waals surface area contributed by atoms with E-state index in [1.807, 2.05) is 18.2 Å². The molecule has 1 aliphatic carbocycles. The summed E-state index contributed by atoms with van der Waals surface area (Å²) >= 11 is 0. The molecule has 16 heteroatoms. The number of fused-ring (bicyclic) bond motifs is 1. The highest BCUT2D eigenvalue weighted by molar-refractivity contribution is 7.89. The highest BCUT2D eigenvalue weighted by Crippen LogP contribution is 2.28. The quantitative estimate of drug-likeness (QED) is 0.162. The summed E-state index contributed by atoms with van der Waals surface area (Å²) in [5, 5.41) is 16.1. The number of guanidine groups is 1. The summed E-state index contributed by atoms with van der Waals surface area (Å²) in [5.74, 6) is -0.321. The van der Waals surface area contributed by atoms with Crippen LogP contribution in [0.3, 0.4) is 0 Å². The van der Waals surface area contributed by atoms with E-state index in [1.165, 1.54) is 12.1 Å². The van der Waals surface area contributed by atoms with E-state index in [9.17, 15) is 18.0 Å². The molecule has 0 spiro atoms. The monoisotopic (exact) mass is 648 g/mol. The van der Waals surface area contributed by atoms with Gasteiger partial charge in [-0.2, -0.15) is 9.71 Å². The van der Waals surface area contributed by atoms with Gasteiger partial charge in [0.15, 0.2) is 11.8 Å². The lowest BCUT2D eigenvalue weighted by atomic mass is 10.1. The SMILES string of the molecule is Cc1nc(CCN(C(=O)[C@H](CC(=O)NCC2COCCN2C(=N)N)NS(=O)(=O)c2ccc3ccccc3c2)C2CC2)no1.Cl. The van der Waals surface area contributed by atoms with E-state index in [0.29, 0.717) is 31.3 Å². The van der Waals surface area contributed by atoms with Gasteiger partial charge < -0.3 is 30.1 Å². The van der Waals surface area contributed by atoms with Gasteiger partial charge in [-0.3, -0.25) is 15.0 Å². The first-order chi connectivity index (χ1) is 20.6. The first-order valence-corrected chi connectivity index (χ1v) is 15.6. The number of nitrogens with one attached hydrogen (secondary N) is 3. The van der Waals surface area contributed by atoms with Gasteiger partial charge in [0.1, 0.15) is 6.04 Å². The van der Waals surface area contributed by atoms with Gasteiger partial charge in [0.25, 0.3) is 0 Å². The molecule has 5 rings (SSSR count). The second-order valence-corrected chi connectivity index (χ2v) is 12.5. The van der Waals surface area contributed by atoms with Crippen molar-refractivity contribution in [3.8, 4) is 0 Å². The van der Waals surface area contributed by atoms with Crippen LogP contribution in [0, 0.1) is 12.3 Å². The lowest BCUT2D eigenvalue weighted by molar-refractivity contribution is -0.136. The van der Waals surface area contributed by atoms with Crippen molar-refractivity contribution >= 4 is 51.0 Å². The topological polar surface area (TPSA) is 197 Å². The third kappa shape index (κ3) is 8.22. The van der Waals surface area contributed by atoms with E-state index in [4.69, 9.17) is 20.4 Å². The van der Waals surface area contributed by atoms with Gasteiger partial charge >= 0.3 is 0 Å². The van der Waals surface area contributed by atoms with E-state index in [-0.39, 0.29) is 55.0 Å². The minimum absolute atomic E-state index is 0. The zero-order valence-corrected chi connectivity index (χ0v) is 25.9. The number of nitrogens with zero attached hydrogens (tertiary/aromatic N) is 4. The van der Waals surface area contributed by atoms with E-state index in [1.54, 1.807) is 28.9 Å². The zero-order valence-electron chi connectivity index (χ0n) is 24.3. The van der Waals surface area contributed by atoms with Crippen molar-refractivity contribution in [1.29, 1.82) is 5.41 Å². The summed E-state index contributed by atoms with van der Waals surface area (Å²) in [7, 11) is -4.19. The molecular weight excluding hydrogens is 612 g/mol. The van der Waals surface area contributed by atoms with E-state index in [0.717, 1.165) is 23.6 Å². The first kappa shape index (κ1) is 33.1. The molecule has 1 aliphatic heterocycles. The molecule has 2 heterocycles. The maximum absolute atomic E-state index is 13.9. The number of nitrogens with two attached hydrogens (primary N) is 1. The Labute approximate surface area is 261 Å². The van der Waals surface area contributed by atoms with Crippen molar-refractivity contribution in [2.75, 3.05) is 32.8 Å². The van der Waals surface area contributed by atoms with Crippen molar-refractivity contribution in [1.82, 2.24) is 30.0 Å². The summed E-state index contributed by atoms with van der Waals surface area (Å²) in [6.07, 6.45) is 1.44. The Kier molecular flexibility index (Phi) is 10.8. The lowest BCUT2D eigenvalue weighted by Crippen LogP contribution is -2.56. The van der Waals surface area contributed by atoms with E-state index in [2.05, 4.69) is 20.2 Å². The largest absolute Gasteiger partial charge is 0.377 e. The molecule has 2 aromatic carbocycles. The Bertz CT molecular complexity index is 1600. The highest BCUT2D eigenvalue weighted by atomic mass is 35.5. The summed E-state index contributed by atoms with van der Waals surface area (Å²) in [4.78, 5) is 34.5. The van der Waals surface area contributed by atoms with Crippen LogP contribution in [-0.2, 0) is 30.8 Å². The van der Waals surface area contributed by atoms with Gasteiger partial charge in [0, 0.05) is 39.0 Å². The molecule has 5 N–H and O–H groups in total. The number of rotatable bonds is 12. The van der Waals surface area contributed by atoms with Crippen LogP contribution < -0.4 is 15.8 Å². The molecule has 1 unspecified atom stereocenters. The van der Waals surface area contributed by atoms with E-state index < -0.39 is 34.3 Å². The fraction of sp³-hybridized carbons (Fsp3) is 0.464. The molecule has 1 saturated carbocycles. The summed E-state index contributed by atoms with van der Waals surface area (Å²) in [6.45, 7) is 3.12. The fourth-order valence-corrected chi connectivity index (χ4v) is 6.35. The lowest BCUT2D eigenvalue weighted by Gasteiger charge is -2.36. The predicted octanol–water partition coefficient (Wildman–Crippen LogP) is 0.934. The summed E-state index contributed by atoms with van der Waals surface area (Å²) in [6, 6.07) is 10.3. The third-order valence-electron chi connectivity index (χ3n) is 7.50. The molecule has 3 aromatic rings. The minimum atomic E-state index is -4.19. The molecule has 0 radical (unpaired) electrons. The Balaban J connectivity index is 0.00000442. The molecular formula is C28H37ClN8O6S. The number of aromatic nitrogens is 2. The van der Waals surface area contributed by atoms with Gasteiger partial charge in [-0.1, -0.05) is 35.5 Å². The number of aryl methyl sites for hydroxylation is 1. The molecule has 0 bridgehead atoms. The predicted molar refractivity (Wildman–Crippen MR) is 164 cm³/mol. The average Bonchev–Trinajstić information content (AvgIpc) is 3.75. The number of hydrogen-bond acceptors (Lipinski definition) is 9. The van der Waals surface area contributed by atoms with Crippen LogP contribution in [0.15, 0.2) is 51.9 Å². The maximum atomic E-state index is 13.9. The van der Waals surface area contributed by atoms with Crippen LogP contribution in [0.5, 0.6) is 0 Å². The zero-order chi connectivity index (χ0) is 30.6. The Morgan fingerprint density at radius 1 is 1.20 bits per heavy atom. The second kappa shape index (κ2) is 14.3. The van der Waals surface area contributed by atoms with Gasteiger partial charge in [-0.25, -0.2) is 8.42 Å². The van der Waals surface area contributed by atoms with Crippen molar-refractivity contribution in [3.05, 3.63) is 54.2 Å². The number of carbonyl (C=O) groups is 2. The summed E-state index contributed by atoms with van der Waals surface area (Å²) in [5.41, 5.74) is 5.68. The number of halogens is 1. The number of ether oxygens (including phenoxy) is 1. The van der Waals surface area contributed by atoms with Crippen molar-refractivity contribution in [3.63, 3.8) is 0 Å². The Hall–Kier alpha value is -3.79. The van der Waals surface area contributed by atoms with E-state index >= 15 is 0 Å². The number of benzene rings is 2.